The van der Waals surface area contributed by atoms with Gasteiger partial charge in [0.2, 0.25) is 0 Å². The molecule has 0 fully saturated rings. The molecule has 2 aromatic rings. The topological polar surface area (TPSA) is 48.4 Å². The summed E-state index contributed by atoms with van der Waals surface area (Å²) in [6.45, 7) is 0. The van der Waals surface area contributed by atoms with E-state index in [0.717, 1.165) is 16.4 Å². The fraction of sp³-hybridized carbons (Fsp3) is 0.200. The standard InChI is InChI=1S/C10H10BrNO2S/c1-13-7-4-5-15-10(7)9(12)6-2-3-8(11)14-6/h2-5,9H,12H2,1H3. The van der Waals surface area contributed by atoms with Crippen LogP contribution < -0.4 is 10.5 Å². The van der Waals surface area contributed by atoms with Crippen molar-refractivity contribution in [2.24, 2.45) is 5.73 Å². The largest absolute Gasteiger partial charge is 0.496 e. The second kappa shape index (κ2) is 4.38. The predicted molar refractivity (Wildman–Crippen MR) is 63.3 cm³/mol. The van der Waals surface area contributed by atoms with E-state index in [0.29, 0.717) is 4.67 Å². The van der Waals surface area contributed by atoms with Crippen LogP contribution >= 0.6 is 27.3 Å². The van der Waals surface area contributed by atoms with Gasteiger partial charge in [-0.3, -0.25) is 0 Å². The van der Waals surface area contributed by atoms with Crippen molar-refractivity contribution >= 4 is 27.3 Å². The molecule has 5 heteroatoms. The molecule has 0 bridgehead atoms. The minimum Gasteiger partial charge on any atom is -0.496 e. The summed E-state index contributed by atoms with van der Waals surface area (Å²) in [5.41, 5.74) is 6.07. The molecule has 15 heavy (non-hydrogen) atoms. The quantitative estimate of drug-likeness (QED) is 0.943. The molecule has 0 saturated heterocycles. The van der Waals surface area contributed by atoms with E-state index in [1.807, 2.05) is 23.6 Å². The summed E-state index contributed by atoms with van der Waals surface area (Å²) in [5, 5.41) is 1.95. The Morgan fingerprint density at radius 2 is 2.27 bits per heavy atom. The normalized spacial score (nSPS) is 12.7. The summed E-state index contributed by atoms with van der Waals surface area (Å²) in [5.74, 6) is 1.53. The maximum absolute atomic E-state index is 6.07. The first-order chi connectivity index (χ1) is 7.22. The molecule has 0 aliphatic rings. The van der Waals surface area contributed by atoms with Crippen LogP contribution in [0.3, 0.4) is 0 Å². The summed E-state index contributed by atoms with van der Waals surface area (Å²) < 4.78 is 11.3. The van der Waals surface area contributed by atoms with Gasteiger partial charge in [-0.15, -0.1) is 11.3 Å². The molecule has 3 nitrogen and oxygen atoms in total. The van der Waals surface area contributed by atoms with Gasteiger partial charge in [0.25, 0.3) is 0 Å². The SMILES string of the molecule is COc1ccsc1C(N)c1ccc(Br)o1. The van der Waals surface area contributed by atoms with Crippen LogP contribution in [0.2, 0.25) is 0 Å². The van der Waals surface area contributed by atoms with Crippen molar-refractivity contribution in [1.82, 2.24) is 0 Å². The zero-order chi connectivity index (χ0) is 10.8. The second-order valence-corrected chi connectivity index (χ2v) is 4.70. The van der Waals surface area contributed by atoms with Crippen LogP contribution in [0.15, 0.2) is 32.7 Å². The van der Waals surface area contributed by atoms with E-state index in [9.17, 15) is 0 Å². The van der Waals surface area contributed by atoms with Crippen molar-refractivity contribution in [3.63, 3.8) is 0 Å². The smallest absolute Gasteiger partial charge is 0.169 e. The molecule has 0 saturated carbocycles. The number of ether oxygens (including phenoxy) is 1. The third-order valence-electron chi connectivity index (χ3n) is 2.06. The molecule has 2 rings (SSSR count). The molecule has 0 radical (unpaired) electrons. The fourth-order valence-electron chi connectivity index (χ4n) is 1.33. The lowest BCUT2D eigenvalue weighted by Crippen LogP contribution is -2.10. The fourth-order valence-corrected chi connectivity index (χ4v) is 2.52. The maximum Gasteiger partial charge on any atom is 0.169 e. The van der Waals surface area contributed by atoms with Gasteiger partial charge in [0, 0.05) is 0 Å². The van der Waals surface area contributed by atoms with Crippen LogP contribution in [0.5, 0.6) is 5.75 Å². The highest BCUT2D eigenvalue weighted by Crippen LogP contribution is 2.34. The van der Waals surface area contributed by atoms with E-state index in [-0.39, 0.29) is 6.04 Å². The molecule has 2 heterocycles. The summed E-state index contributed by atoms with van der Waals surface area (Å²) in [4.78, 5) is 0.972. The maximum atomic E-state index is 6.07. The van der Waals surface area contributed by atoms with E-state index < -0.39 is 0 Å². The van der Waals surface area contributed by atoms with Gasteiger partial charge in [0.05, 0.1) is 12.0 Å². The lowest BCUT2D eigenvalue weighted by atomic mass is 10.2. The monoisotopic (exact) mass is 287 g/mol. The zero-order valence-electron chi connectivity index (χ0n) is 8.07. The highest BCUT2D eigenvalue weighted by molar-refractivity contribution is 9.10. The van der Waals surface area contributed by atoms with Crippen molar-refractivity contribution in [3.8, 4) is 5.75 Å². The number of methoxy groups -OCH3 is 1. The summed E-state index contributed by atoms with van der Waals surface area (Å²) >= 11 is 4.81. The number of hydrogen-bond donors (Lipinski definition) is 1. The molecule has 2 aromatic heterocycles. The molecule has 1 unspecified atom stereocenters. The first-order valence-electron chi connectivity index (χ1n) is 4.34. The van der Waals surface area contributed by atoms with Crippen LogP contribution in [-0.4, -0.2) is 7.11 Å². The molecule has 80 valence electrons. The van der Waals surface area contributed by atoms with E-state index in [2.05, 4.69) is 15.9 Å². The average molecular weight is 288 g/mol. The average Bonchev–Trinajstić information content (AvgIpc) is 2.84. The Hall–Kier alpha value is -0.780. The first-order valence-corrected chi connectivity index (χ1v) is 6.02. The Labute approximate surface area is 100.0 Å². The second-order valence-electron chi connectivity index (χ2n) is 2.97. The minimum atomic E-state index is -0.272. The van der Waals surface area contributed by atoms with Crippen molar-refractivity contribution in [2.45, 2.75) is 6.04 Å². The molecule has 1 atom stereocenters. The van der Waals surface area contributed by atoms with Crippen LogP contribution in [0.25, 0.3) is 0 Å². The third-order valence-corrected chi connectivity index (χ3v) is 3.47. The Kier molecular flexibility index (Phi) is 3.14. The number of rotatable bonds is 3. The van der Waals surface area contributed by atoms with Crippen LogP contribution in [-0.2, 0) is 0 Å². The van der Waals surface area contributed by atoms with E-state index in [4.69, 9.17) is 14.9 Å². The van der Waals surface area contributed by atoms with E-state index in [1.165, 1.54) is 0 Å². The van der Waals surface area contributed by atoms with Gasteiger partial charge < -0.3 is 14.9 Å². The third kappa shape index (κ3) is 2.09. The molecule has 0 spiro atoms. The summed E-state index contributed by atoms with van der Waals surface area (Å²) in [7, 11) is 1.64. The number of furan rings is 1. The number of hydrogen-bond acceptors (Lipinski definition) is 4. The van der Waals surface area contributed by atoms with Gasteiger partial charge in [-0.05, 0) is 39.5 Å². The van der Waals surface area contributed by atoms with Crippen molar-refractivity contribution in [3.05, 3.63) is 38.9 Å². The van der Waals surface area contributed by atoms with Gasteiger partial charge in [-0.25, -0.2) is 0 Å². The zero-order valence-corrected chi connectivity index (χ0v) is 10.5. The highest BCUT2D eigenvalue weighted by atomic mass is 79.9. The highest BCUT2D eigenvalue weighted by Gasteiger charge is 2.18. The molecule has 2 N–H and O–H groups in total. The molecule has 0 aliphatic carbocycles. The molecular weight excluding hydrogens is 278 g/mol. The van der Waals surface area contributed by atoms with Gasteiger partial charge in [-0.2, -0.15) is 0 Å². The van der Waals surface area contributed by atoms with Gasteiger partial charge >= 0.3 is 0 Å². The summed E-state index contributed by atoms with van der Waals surface area (Å²) in [6.07, 6.45) is 0. The Morgan fingerprint density at radius 3 is 2.87 bits per heavy atom. The van der Waals surface area contributed by atoms with E-state index in [1.54, 1.807) is 18.4 Å². The summed E-state index contributed by atoms with van der Waals surface area (Å²) in [6, 6.07) is 5.31. The van der Waals surface area contributed by atoms with Crippen molar-refractivity contribution < 1.29 is 9.15 Å². The number of thiophene rings is 1. The molecule has 0 aliphatic heterocycles. The lowest BCUT2D eigenvalue weighted by molar-refractivity contribution is 0.405. The van der Waals surface area contributed by atoms with Gasteiger partial charge in [0.15, 0.2) is 4.67 Å². The minimum absolute atomic E-state index is 0.272. The first kappa shape index (κ1) is 10.7. The van der Waals surface area contributed by atoms with Crippen LogP contribution in [0.4, 0.5) is 0 Å². The van der Waals surface area contributed by atoms with Gasteiger partial charge in [0.1, 0.15) is 17.6 Å². The van der Waals surface area contributed by atoms with Crippen molar-refractivity contribution in [1.29, 1.82) is 0 Å². The van der Waals surface area contributed by atoms with Crippen molar-refractivity contribution in [2.75, 3.05) is 7.11 Å². The van der Waals surface area contributed by atoms with Gasteiger partial charge in [-0.1, -0.05) is 0 Å². The molecule has 0 amide bonds. The lowest BCUT2D eigenvalue weighted by Gasteiger charge is -2.08. The number of nitrogens with two attached hydrogens (primary N) is 1. The number of halogens is 1. The predicted octanol–water partition coefficient (Wildman–Crippen LogP) is 3.16. The Balaban J connectivity index is 2.31. The Bertz CT molecular complexity index is 452. The van der Waals surface area contributed by atoms with E-state index >= 15 is 0 Å². The molecular formula is C10H10BrNO2S. The van der Waals surface area contributed by atoms with Crippen LogP contribution in [0, 0.1) is 0 Å². The molecule has 0 aromatic carbocycles. The Morgan fingerprint density at radius 1 is 1.47 bits per heavy atom. The van der Waals surface area contributed by atoms with Crippen LogP contribution in [0.1, 0.15) is 16.7 Å².